The molecule has 17 atom stereocenters. The number of anilines is 8. The number of nitrogens with zero attached hydrogens (tertiary/aromatic N) is 6. The van der Waals surface area contributed by atoms with E-state index in [1.165, 1.54) is 41.7 Å². The van der Waals surface area contributed by atoms with Crippen LogP contribution in [-0.2, 0) is 36.3 Å². The zero-order valence-corrected chi connectivity index (χ0v) is 84.5. The van der Waals surface area contributed by atoms with Crippen molar-refractivity contribution < 1.29 is 59.0 Å². The van der Waals surface area contributed by atoms with E-state index in [0.29, 0.717) is 135 Å². The predicted molar refractivity (Wildman–Crippen MR) is 556 cm³/mol. The molecule has 4 saturated heterocycles. The Morgan fingerprint density at radius 3 is 1.31 bits per heavy atom. The van der Waals surface area contributed by atoms with Gasteiger partial charge in [-0.25, -0.2) is 22.4 Å². The minimum absolute atomic E-state index is 0.0167. The zero-order chi connectivity index (χ0) is 101. The van der Waals surface area contributed by atoms with E-state index in [1.54, 1.807) is 24.4 Å². The van der Waals surface area contributed by atoms with Crippen molar-refractivity contribution in [3.05, 3.63) is 310 Å². The van der Waals surface area contributed by atoms with Crippen LogP contribution in [0.1, 0.15) is 180 Å². The molecule has 1 amide bonds. The number of carbonyl (C=O) groups excluding carboxylic acids is 1. The molecule has 144 heavy (non-hydrogen) atoms. The topological polar surface area (TPSA) is 316 Å². The first kappa shape index (κ1) is 104. The zero-order valence-electron chi connectivity index (χ0n) is 80.6. The normalized spacial score (nSPS) is 24.1. The van der Waals surface area contributed by atoms with Gasteiger partial charge in [0.05, 0.1) is 108 Å². The van der Waals surface area contributed by atoms with Crippen molar-refractivity contribution >= 4 is 120 Å². The maximum Gasteiger partial charge on any atom is 0.416 e. The molecular weight excluding hydrogens is 1960 g/mol. The van der Waals surface area contributed by atoms with Crippen LogP contribution in [0.25, 0.3) is 0 Å². The van der Waals surface area contributed by atoms with E-state index in [1.807, 2.05) is 167 Å². The fourth-order valence-electron chi connectivity index (χ4n) is 20.7. The Hall–Kier alpha value is -11.3. The fourth-order valence-corrected chi connectivity index (χ4v) is 22.8. The van der Waals surface area contributed by atoms with E-state index < -0.39 is 62.4 Å². The molecule has 20 rings (SSSR count). The molecule has 0 aliphatic carbocycles. The summed E-state index contributed by atoms with van der Waals surface area (Å²) < 4.78 is 137. The Kier molecular flexibility index (Phi) is 33.7. The lowest BCUT2D eigenvalue weighted by Crippen LogP contribution is -2.43. The minimum Gasteiger partial charge on any atom is -0.488 e. The molecule has 38 heteroatoms. The number of hydrogen-bond donors (Lipinski definition) is 10. The van der Waals surface area contributed by atoms with Crippen LogP contribution in [0.5, 0.6) is 5.75 Å². The Morgan fingerprint density at radius 2 is 0.868 bits per heavy atom. The molecule has 0 bridgehead atoms. The molecule has 9 aliphatic heterocycles. The SMILES string of the molecule is CCOc1c(NC[C@H]2CC[C@@H]3[C@H](O2)c2cc(Cl)cc(F)c2N[C@H]3c2ccccc2)c(=O)c1=O.CN(C)CCNC(=O)c1csc(NC[C@H]2CC[C@@H]3[C@H](O2)c2cc(C(F)(F)F)ccc2N[C@H]3c2ccccc2)n1.CN(C)CCNC1=NS(=O)N=C1CC[C@H]1CC[C@@H]2[C@H](O1)c1cc(Cl)cc(F)c1N[C@H]2c1ccccc1.CN(C)CCNc1c(NC[C@H]2CC[C@@H]3[C@H](O2)c2cc(Cl)cc(F)c2N[C@H]3c2ccccc2)c(=O)c1=O. The number of fused-ring (bicyclic) bond motifs is 12. The van der Waals surface area contributed by atoms with Crippen LogP contribution in [0.3, 0.4) is 0 Å². The van der Waals surface area contributed by atoms with Gasteiger partial charge in [-0.05, 0) is 190 Å². The molecule has 11 aromatic rings. The van der Waals surface area contributed by atoms with Gasteiger partial charge >= 0.3 is 6.18 Å². The van der Waals surface area contributed by atoms with Gasteiger partial charge in [0.2, 0.25) is 0 Å². The first-order valence-electron chi connectivity index (χ1n) is 48.7. The quantitative estimate of drug-likeness (QED) is 0.0154. The lowest BCUT2D eigenvalue weighted by atomic mass is 9.76. The van der Waals surface area contributed by atoms with Gasteiger partial charge in [-0.1, -0.05) is 156 Å². The summed E-state index contributed by atoms with van der Waals surface area (Å²) in [5.74, 6) is -0.416. The number of likely N-dealkylation sites (N-methyl/N-ethyl adjacent to an activating group) is 3. The van der Waals surface area contributed by atoms with Crippen LogP contribution in [-0.4, -0.2) is 174 Å². The maximum atomic E-state index is 15.0. The van der Waals surface area contributed by atoms with Crippen molar-refractivity contribution in [2.45, 2.75) is 150 Å². The molecular formula is C106H117Cl3F6N16O11S2. The van der Waals surface area contributed by atoms with Gasteiger partial charge in [-0.15, -0.1) is 15.7 Å². The fraction of sp³-hybridized carbons (Fsp3) is 0.415. The highest BCUT2D eigenvalue weighted by molar-refractivity contribution is 7.83. The molecule has 1 unspecified atom stereocenters. The maximum absolute atomic E-state index is 15.0. The summed E-state index contributed by atoms with van der Waals surface area (Å²) in [6.07, 6.45) is 1.25. The van der Waals surface area contributed by atoms with Gasteiger partial charge in [-0.3, -0.25) is 24.0 Å². The number of thiazole rings is 1. The Morgan fingerprint density at radius 1 is 0.472 bits per heavy atom. The van der Waals surface area contributed by atoms with Crippen LogP contribution in [0.4, 0.5) is 71.3 Å². The second kappa shape index (κ2) is 46.6. The van der Waals surface area contributed by atoms with Crippen molar-refractivity contribution in [2.75, 3.05) is 150 Å². The molecule has 10 N–H and O–H groups in total. The van der Waals surface area contributed by atoms with E-state index in [2.05, 4.69) is 84.0 Å². The van der Waals surface area contributed by atoms with E-state index in [4.69, 9.17) is 58.5 Å². The van der Waals surface area contributed by atoms with E-state index in [0.717, 1.165) is 117 Å². The summed E-state index contributed by atoms with van der Waals surface area (Å²) in [5, 5.41) is 35.6. The monoisotopic (exact) mass is 2070 g/mol. The second-order valence-electron chi connectivity index (χ2n) is 38.3. The van der Waals surface area contributed by atoms with Crippen molar-refractivity contribution in [1.29, 1.82) is 0 Å². The third kappa shape index (κ3) is 24.1. The van der Waals surface area contributed by atoms with Crippen molar-refractivity contribution in [2.24, 2.45) is 32.5 Å². The molecule has 9 aliphatic rings. The number of ether oxygens (including phenoxy) is 5. The molecule has 0 spiro atoms. The van der Waals surface area contributed by atoms with Gasteiger partial charge < -0.3 is 91.6 Å². The van der Waals surface area contributed by atoms with E-state index in [9.17, 15) is 54.5 Å². The van der Waals surface area contributed by atoms with Crippen LogP contribution in [0.2, 0.25) is 15.1 Å². The number of benzene rings is 8. The van der Waals surface area contributed by atoms with E-state index >= 15 is 0 Å². The number of aromatic nitrogens is 1. The number of amides is 1. The van der Waals surface area contributed by atoms with Gasteiger partial charge in [-0.2, -0.15) is 17.6 Å². The summed E-state index contributed by atoms with van der Waals surface area (Å²) in [4.78, 5) is 70.7. The Bertz CT molecular complexity index is 6590. The van der Waals surface area contributed by atoms with Crippen LogP contribution < -0.4 is 79.6 Å². The number of amidine groups is 1. The lowest BCUT2D eigenvalue weighted by molar-refractivity contribution is -0.138. The second-order valence-corrected chi connectivity index (χ2v) is 41.3. The van der Waals surface area contributed by atoms with Crippen molar-refractivity contribution in [3.8, 4) is 5.75 Å². The van der Waals surface area contributed by atoms with Gasteiger partial charge in [0, 0.05) is 131 Å². The van der Waals surface area contributed by atoms with Crippen molar-refractivity contribution in [3.63, 3.8) is 0 Å². The molecule has 1 aromatic heterocycles. The minimum atomic E-state index is -4.43. The standard InChI is InChI=1S/C28H32F3N5O2S.C27H30ClFN4O3.C26H31ClFN5O2S.C25H24ClFN2O4/c1-36(2)13-12-32-26(37)23-16-39-27(35-23)33-15-19-9-10-20-24(17-6-4-3-5-7-17)34-22-11-8-18(28(29,30)31)14-21(22)25(20)38-19;1-33(2)11-10-30-23-24(26(35)25(23)34)31-14-17-8-9-18-21(15-6-4-3-5-7-15)32-22-19(27(18)36-17)12-16(28)13-20(22)29;1-33(2)13-12-29-26-22(31-36(34)32-26)11-9-18-8-10-19-23(16-6-4-3-5-7-16)30-24-20(25(19)35-18)14-17(27)15-21(24)28;1-2-32-25-21(22(30)23(25)31)28-12-15-8-9-16-19(13-6-4-3-5-7-13)29-20-17(24(16)33-15)10-14(26)11-18(20)27/h3-8,11,14,16,19-20,24-25,34H,9-10,12-13,15H2,1-2H3,(H,32,37)(H,33,35);3-7,12-13,17-18,21,27,30-32H,8-11,14H2,1-2H3;3-7,14-15,18-19,23,25,30H,8-13H2,1-2H3,(H,29,32);3-7,10-11,15-16,19,24,28-29H,2,8-9,12H2,1H3/t19-,20+,24+,25+;17-,18+,21+,27+;18-,19+,23+,25+,36?;15-,16+,19+,24+/m1111/s1. The number of rotatable bonds is 29. The molecule has 27 nitrogen and oxygen atoms in total. The largest absolute Gasteiger partial charge is 0.488 e. The Labute approximate surface area is 852 Å². The summed E-state index contributed by atoms with van der Waals surface area (Å²) in [6, 6.07) is 52.9. The predicted octanol–water partition coefficient (Wildman–Crippen LogP) is 19.2. The van der Waals surface area contributed by atoms with Gasteiger partial charge in [0.25, 0.3) is 38.8 Å². The highest BCUT2D eigenvalue weighted by atomic mass is 35.5. The lowest BCUT2D eigenvalue weighted by Gasteiger charge is -2.46. The average molecular weight is 2080 g/mol. The first-order valence-corrected chi connectivity index (χ1v) is 51.8. The molecule has 10 heterocycles. The third-order valence-electron chi connectivity index (χ3n) is 27.8. The smallest absolute Gasteiger partial charge is 0.416 e. The average Bonchev–Trinajstić information content (AvgIpc) is 0.772. The summed E-state index contributed by atoms with van der Waals surface area (Å²) in [6.45, 7) is 7.32. The first-order chi connectivity index (χ1) is 69.4. The Balaban J connectivity index is 0.000000132. The number of alkyl halides is 3. The molecule has 4 fully saturated rings. The van der Waals surface area contributed by atoms with E-state index in [-0.39, 0.29) is 114 Å². The molecule has 0 radical (unpaired) electrons. The molecule has 762 valence electrons. The van der Waals surface area contributed by atoms with Crippen LogP contribution in [0.15, 0.2) is 209 Å². The molecule has 10 aromatic carbocycles. The number of carbonyl (C=O) groups is 1. The van der Waals surface area contributed by atoms with Gasteiger partial charge in [0.15, 0.2) is 16.7 Å². The number of hydrogen-bond acceptors (Lipinski definition) is 25. The van der Waals surface area contributed by atoms with Crippen molar-refractivity contribution in [1.82, 2.24) is 30.3 Å². The number of halogens is 9. The summed E-state index contributed by atoms with van der Waals surface area (Å²) in [7, 11) is 11.8. The van der Waals surface area contributed by atoms with Crippen LogP contribution in [0, 0.1) is 41.1 Å². The third-order valence-corrected chi connectivity index (χ3v) is 30.0. The highest BCUT2D eigenvalue weighted by Crippen LogP contribution is 2.57. The highest BCUT2D eigenvalue weighted by Gasteiger charge is 2.49. The summed E-state index contributed by atoms with van der Waals surface area (Å²) in [5.41, 5.74) is 8.06. The van der Waals surface area contributed by atoms with Crippen LogP contribution >= 0.6 is 46.1 Å². The number of nitrogens with one attached hydrogen (secondary N) is 10. The molecule has 0 saturated carbocycles. The summed E-state index contributed by atoms with van der Waals surface area (Å²) >= 11 is 18.4. The van der Waals surface area contributed by atoms with Gasteiger partial charge in [0.1, 0.15) is 40.2 Å².